The normalized spacial score (nSPS) is 8.00. The van der Waals surface area contributed by atoms with Gasteiger partial charge in [-0.25, -0.2) is 0 Å². The molecule has 1 rings (SSSR count). The first-order valence-electron chi connectivity index (χ1n) is 2.04. The van der Waals surface area contributed by atoms with Gasteiger partial charge in [0.05, 0.1) is 0 Å². The summed E-state index contributed by atoms with van der Waals surface area (Å²) in [5, 5.41) is 3.57. The van der Waals surface area contributed by atoms with Crippen LogP contribution < -0.4 is 4.76 Å². The third kappa shape index (κ3) is 0.929. The van der Waals surface area contributed by atoms with Crippen molar-refractivity contribution in [3.05, 3.63) is 18.5 Å². The van der Waals surface area contributed by atoms with Crippen LogP contribution in [-0.4, -0.2) is 17.3 Å². The molecular weight excluding hydrogens is 107 g/mol. The molecule has 1 aromatic rings. The molecule has 0 bridgehead atoms. The summed E-state index contributed by atoms with van der Waals surface area (Å²) >= 11 is 0. The first kappa shape index (κ1) is 5.02. The average molecular weight is 110 g/mol. The Morgan fingerprint density at radius 2 is 2.62 bits per heavy atom. The van der Waals surface area contributed by atoms with Crippen LogP contribution in [0, 0.1) is 0 Å². The average Bonchev–Trinajstić information content (AvgIpc) is 2.19. The molecule has 4 nitrogen and oxygen atoms in total. The maximum absolute atomic E-state index is 9.59. The van der Waals surface area contributed by atoms with E-state index in [1.807, 2.05) is 0 Å². The van der Waals surface area contributed by atoms with Gasteiger partial charge in [-0.1, -0.05) is 0 Å². The number of hydrogen-bond acceptors (Lipinski definition) is 3. The first-order valence-corrected chi connectivity index (χ1v) is 2.04. The molecule has 0 atom stereocenters. The summed E-state index contributed by atoms with van der Waals surface area (Å²) in [4.78, 5) is 1.06. The van der Waals surface area contributed by atoms with Gasteiger partial charge in [-0.3, -0.25) is 0 Å². The third-order valence-corrected chi connectivity index (χ3v) is 0.631. The molecule has 0 saturated heterocycles. The van der Waals surface area contributed by atoms with Gasteiger partial charge in [0, 0.05) is 0 Å². The van der Waals surface area contributed by atoms with Crippen molar-refractivity contribution < 1.29 is 9.46 Å². The molecule has 0 aliphatic heterocycles. The van der Waals surface area contributed by atoms with Gasteiger partial charge in [0.15, 0.2) is 0 Å². The van der Waals surface area contributed by atoms with Crippen LogP contribution in [0.2, 0.25) is 0 Å². The van der Waals surface area contributed by atoms with E-state index >= 15 is 0 Å². The van der Waals surface area contributed by atoms with Crippen LogP contribution in [0.25, 0.3) is 0 Å². The molecule has 0 amide bonds. The standard InChI is InChI=1S/C3H3BN2O2/c7-4-8-6-3-1-2-5-6/h1-3H. The molecule has 0 aromatic carbocycles. The Morgan fingerprint density at radius 3 is 3.12 bits per heavy atom. The monoisotopic (exact) mass is 110 g/mol. The second-order valence-electron chi connectivity index (χ2n) is 1.11. The van der Waals surface area contributed by atoms with E-state index < -0.39 is 0 Å². The molecule has 1 aromatic heterocycles. The Kier molecular flexibility index (Phi) is 1.41. The Morgan fingerprint density at radius 1 is 1.75 bits per heavy atom. The van der Waals surface area contributed by atoms with Gasteiger partial charge in [-0.15, -0.1) is 0 Å². The van der Waals surface area contributed by atoms with E-state index in [1.54, 1.807) is 6.07 Å². The molecule has 40 valence electrons. The van der Waals surface area contributed by atoms with Crippen LogP contribution in [0.4, 0.5) is 0 Å². The number of rotatable bonds is 2. The molecule has 0 spiro atoms. The van der Waals surface area contributed by atoms with E-state index in [-0.39, 0.29) is 0 Å². The molecule has 0 radical (unpaired) electrons. The molecule has 8 heavy (non-hydrogen) atoms. The fraction of sp³-hybridized carbons (Fsp3) is 0. The van der Waals surface area contributed by atoms with Gasteiger partial charge in [0.25, 0.3) is 0 Å². The fourth-order valence-electron chi connectivity index (χ4n) is 0.361. The van der Waals surface area contributed by atoms with Crippen LogP contribution >= 0.6 is 0 Å². The van der Waals surface area contributed by atoms with E-state index in [2.05, 4.69) is 9.85 Å². The summed E-state index contributed by atoms with van der Waals surface area (Å²) in [6.07, 6.45) is 3.04. The number of nitrogens with zero attached hydrogens (tertiary/aromatic N) is 2. The predicted octanol–water partition coefficient (Wildman–Crippen LogP) is -0.724. The topological polar surface area (TPSA) is 44.1 Å². The quantitative estimate of drug-likeness (QED) is 0.471. The fourth-order valence-corrected chi connectivity index (χ4v) is 0.361. The first-order chi connectivity index (χ1) is 3.93. The molecule has 0 fully saturated rings. The second-order valence-corrected chi connectivity index (χ2v) is 1.11. The van der Waals surface area contributed by atoms with Gasteiger partial charge < -0.3 is 0 Å². The van der Waals surface area contributed by atoms with Crippen LogP contribution in [0.5, 0.6) is 0 Å². The minimum atomic E-state index is 0.312. The number of aromatic nitrogens is 2. The van der Waals surface area contributed by atoms with E-state index in [9.17, 15) is 4.70 Å². The van der Waals surface area contributed by atoms with Crippen LogP contribution in [0.1, 0.15) is 0 Å². The van der Waals surface area contributed by atoms with Crippen LogP contribution in [-0.2, 0) is 4.70 Å². The van der Waals surface area contributed by atoms with Crippen molar-refractivity contribution in [2.75, 3.05) is 0 Å². The Bertz CT molecular complexity index is 162. The van der Waals surface area contributed by atoms with Gasteiger partial charge in [-0.05, 0) is 0 Å². The Labute approximate surface area is 46.3 Å². The summed E-state index contributed by atoms with van der Waals surface area (Å²) in [5.74, 6) is 0. The van der Waals surface area contributed by atoms with E-state index in [1.165, 1.54) is 12.4 Å². The van der Waals surface area contributed by atoms with Gasteiger partial charge >= 0.3 is 45.2 Å². The van der Waals surface area contributed by atoms with Crippen molar-refractivity contribution in [3.8, 4) is 0 Å². The van der Waals surface area contributed by atoms with Crippen molar-refractivity contribution >= 4 is 7.35 Å². The van der Waals surface area contributed by atoms with Crippen molar-refractivity contribution in [1.29, 1.82) is 0 Å². The van der Waals surface area contributed by atoms with E-state index in [0.29, 0.717) is 7.35 Å². The maximum atomic E-state index is 9.59. The predicted molar refractivity (Wildman–Crippen MR) is 25.2 cm³/mol. The van der Waals surface area contributed by atoms with Crippen LogP contribution in [0.15, 0.2) is 18.5 Å². The molecule has 0 aliphatic rings. The Balaban J connectivity index is 2.62. The Hall–Kier alpha value is -1.13. The van der Waals surface area contributed by atoms with Crippen molar-refractivity contribution in [2.45, 2.75) is 0 Å². The molecule has 0 unspecified atom stereocenters. The van der Waals surface area contributed by atoms with Crippen LogP contribution in [0.3, 0.4) is 0 Å². The van der Waals surface area contributed by atoms with E-state index in [4.69, 9.17) is 0 Å². The molecule has 1 heterocycles. The van der Waals surface area contributed by atoms with Crippen molar-refractivity contribution in [1.82, 2.24) is 9.94 Å². The van der Waals surface area contributed by atoms with Gasteiger partial charge in [-0.2, -0.15) is 0 Å². The SMILES string of the molecule is O=BOn1cccn1. The molecule has 5 heteroatoms. The second kappa shape index (κ2) is 2.25. The number of hydrogen-bond donors (Lipinski definition) is 0. The van der Waals surface area contributed by atoms with E-state index in [0.717, 1.165) is 4.85 Å². The molecular formula is C3H3BN2O2. The zero-order chi connectivity index (χ0) is 5.82. The summed E-state index contributed by atoms with van der Waals surface area (Å²) in [6, 6.07) is 1.66. The zero-order valence-corrected chi connectivity index (χ0v) is 4.02. The van der Waals surface area contributed by atoms with Crippen molar-refractivity contribution in [3.63, 3.8) is 0 Å². The summed E-state index contributed by atoms with van der Waals surface area (Å²) in [7, 11) is 0.312. The summed E-state index contributed by atoms with van der Waals surface area (Å²) in [5.41, 5.74) is 0. The van der Waals surface area contributed by atoms with Gasteiger partial charge in [0.1, 0.15) is 0 Å². The third-order valence-electron chi connectivity index (χ3n) is 0.631. The summed E-state index contributed by atoms with van der Waals surface area (Å²) in [6.45, 7) is 0. The molecule has 0 saturated carbocycles. The van der Waals surface area contributed by atoms with Crippen molar-refractivity contribution in [2.24, 2.45) is 0 Å². The molecule has 0 aliphatic carbocycles. The minimum absolute atomic E-state index is 0.312. The molecule has 0 N–H and O–H groups in total. The zero-order valence-electron chi connectivity index (χ0n) is 4.02. The van der Waals surface area contributed by atoms with Gasteiger partial charge in [0.2, 0.25) is 0 Å². The summed E-state index contributed by atoms with van der Waals surface area (Å²) < 4.78 is 13.9.